The quantitative estimate of drug-likeness (QED) is 0.646. The molecule has 0 radical (unpaired) electrons. The van der Waals surface area contributed by atoms with Crippen molar-refractivity contribution in [2.45, 2.75) is 6.92 Å². The van der Waals surface area contributed by atoms with E-state index < -0.39 is 5.97 Å². The zero-order valence-electron chi connectivity index (χ0n) is 11.5. The highest BCUT2D eigenvalue weighted by Crippen LogP contribution is 2.25. The summed E-state index contributed by atoms with van der Waals surface area (Å²) in [5.74, 6) is 0.368. The van der Waals surface area contributed by atoms with Crippen LogP contribution in [0.15, 0.2) is 40.3 Å². The molecule has 6 heteroatoms. The first-order valence-corrected chi connectivity index (χ1v) is 7.13. The Hall–Kier alpha value is -2.47. The minimum Gasteiger partial charge on any atom is -0.496 e. The largest absolute Gasteiger partial charge is 0.496 e. The third-order valence-electron chi connectivity index (χ3n) is 2.88. The number of carbonyl (C=O) groups is 1. The maximum atomic E-state index is 11.9. The summed E-state index contributed by atoms with van der Waals surface area (Å²) in [5, 5.41) is 2.80. The summed E-state index contributed by atoms with van der Waals surface area (Å²) in [6, 6.07) is 7.26. The maximum absolute atomic E-state index is 11.9. The van der Waals surface area contributed by atoms with Crippen molar-refractivity contribution in [1.29, 1.82) is 0 Å². The SMILES string of the molecule is COc1ccccc1C1=N/C(=C\c2csc(C)n2)C(=O)O1. The fourth-order valence-corrected chi connectivity index (χ4v) is 2.50. The molecule has 0 amide bonds. The van der Waals surface area contributed by atoms with Crippen molar-refractivity contribution in [1.82, 2.24) is 4.98 Å². The van der Waals surface area contributed by atoms with Crippen LogP contribution in [0.5, 0.6) is 5.75 Å². The van der Waals surface area contributed by atoms with Crippen molar-refractivity contribution in [2.75, 3.05) is 7.11 Å². The van der Waals surface area contributed by atoms with Gasteiger partial charge in [0.1, 0.15) is 5.75 Å². The number of rotatable bonds is 3. The molecule has 1 aliphatic rings. The molecule has 0 aliphatic carbocycles. The predicted octanol–water partition coefficient (Wildman–Crippen LogP) is 2.80. The summed E-state index contributed by atoms with van der Waals surface area (Å²) in [5.41, 5.74) is 1.59. The minimum absolute atomic E-state index is 0.237. The summed E-state index contributed by atoms with van der Waals surface area (Å²) < 4.78 is 10.5. The van der Waals surface area contributed by atoms with Crippen molar-refractivity contribution in [3.05, 3.63) is 51.6 Å². The number of nitrogens with zero attached hydrogens (tertiary/aromatic N) is 2. The van der Waals surface area contributed by atoms with Crippen molar-refractivity contribution in [3.63, 3.8) is 0 Å². The maximum Gasteiger partial charge on any atom is 0.363 e. The molecule has 1 aromatic heterocycles. The van der Waals surface area contributed by atoms with Crippen LogP contribution in [0.2, 0.25) is 0 Å². The molecule has 3 rings (SSSR count). The minimum atomic E-state index is -0.485. The molecule has 5 nitrogen and oxygen atoms in total. The van der Waals surface area contributed by atoms with E-state index in [0.717, 1.165) is 5.01 Å². The molecule has 2 aromatic rings. The van der Waals surface area contributed by atoms with Gasteiger partial charge in [0.05, 0.1) is 23.4 Å². The van der Waals surface area contributed by atoms with Crippen LogP contribution in [-0.2, 0) is 9.53 Å². The van der Waals surface area contributed by atoms with Crippen LogP contribution in [0.4, 0.5) is 0 Å². The van der Waals surface area contributed by atoms with Crippen molar-refractivity contribution >= 4 is 29.3 Å². The fraction of sp³-hybridized carbons (Fsp3) is 0.133. The van der Waals surface area contributed by atoms with Crippen LogP contribution in [0.25, 0.3) is 6.08 Å². The van der Waals surface area contributed by atoms with Crippen LogP contribution >= 0.6 is 11.3 Å². The summed E-state index contributed by atoms with van der Waals surface area (Å²) in [4.78, 5) is 20.4. The molecule has 0 spiro atoms. The number of carbonyl (C=O) groups excluding carboxylic acids is 1. The van der Waals surface area contributed by atoms with E-state index in [-0.39, 0.29) is 11.6 Å². The third kappa shape index (κ3) is 2.71. The van der Waals surface area contributed by atoms with E-state index in [9.17, 15) is 4.79 Å². The molecule has 1 aromatic carbocycles. The average Bonchev–Trinajstić information content (AvgIpc) is 3.06. The van der Waals surface area contributed by atoms with E-state index in [0.29, 0.717) is 17.0 Å². The Kier molecular flexibility index (Phi) is 3.53. The monoisotopic (exact) mass is 300 g/mol. The molecule has 1 aliphatic heterocycles. The third-order valence-corrected chi connectivity index (χ3v) is 3.67. The average molecular weight is 300 g/mol. The number of hydrogen-bond donors (Lipinski definition) is 0. The molecule has 0 fully saturated rings. The van der Waals surface area contributed by atoms with Crippen molar-refractivity contribution < 1.29 is 14.3 Å². The van der Waals surface area contributed by atoms with Gasteiger partial charge in [-0.25, -0.2) is 14.8 Å². The highest BCUT2D eigenvalue weighted by Gasteiger charge is 2.26. The second-order valence-electron chi connectivity index (χ2n) is 4.33. The molecule has 21 heavy (non-hydrogen) atoms. The molecular formula is C15H12N2O3S. The molecule has 2 heterocycles. The van der Waals surface area contributed by atoms with Crippen molar-refractivity contribution in [3.8, 4) is 5.75 Å². The van der Waals surface area contributed by atoms with E-state index in [1.54, 1.807) is 25.3 Å². The Morgan fingerprint density at radius 2 is 2.14 bits per heavy atom. The number of aromatic nitrogens is 1. The Morgan fingerprint density at radius 3 is 2.86 bits per heavy atom. The van der Waals surface area contributed by atoms with E-state index in [2.05, 4.69) is 9.98 Å². The van der Waals surface area contributed by atoms with Gasteiger partial charge >= 0.3 is 5.97 Å². The van der Waals surface area contributed by atoms with E-state index >= 15 is 0 Å². The van der Waals surface area contributed by atoms with Crippen LogP contribution in [0.3, 0.4) is 0 Å². The summed E-state index contributed by atoms with van der Waals surface area (Å²) >= 11 is 1.52. The predicted molar refractivity (Wildman–Crippen MR) is 80.5 cm³/mol. The standard InChI is InChI=1S/C15H12N2O3S/c1-9-16-10(8-21-9)7-12-15(18)20-14(17-12)11-5-3-4-6-13(11)19-2/h3-8H,1-2H3/b12-7-. The fourth-order valence-electron chi connectivity index (χ4n) is 1.93. The number of methoxy groups -OCH3 is 1. The van der Waals surface area contributed by atoms with E-state index in [4.69, 9.17) is 9.47 Å². The molecule has 0 bridgehead atoms. The highest BCUT2D eigenvalue weighted by atomic mass is 32.1. The molecular weight excluding hydrogens is 288 g/mol. The van der Waals surface area contributed by atoms with Gasteiger partial charge in [-0.1, -0.05) is 12.1 Å². The Labute approximate surface area is 125 Å². The topological polar surface area (TPSA) is 60.8 Å². The second kappa shape index (κ2) is 5.49. The lowest BCUT2D eigenvalue weighted by Gasteiger charge is -2.05. The summed E-state index contributed by atoms with van der Waals surface area (Å²) in [6.45, 7) is 1.91. The number of thiazole rings is 1. The van der Waals surface area contributed by atoms with Gasteiger partial charge < -0.3 is 9.47 Å². The molecule has 0 saturated carbocycles. The summed E-state index contributed by atoms with van der Waals surface area (Å²) in [7, 11) is 1.56. The lowest BCUT2D eigenvalue weighted by atomic mass is 10.2. The van der Waals surface area contributed by atoms with Gasteiger partial charge in [-0.15, -0.1) is 11.3 Å². The van der Waals surface area contributed by atoms with E-state index in [1.165, 1.54) is 11.3 Å². The van der Waals surface area contributed by atoms with Gasteiger partial charge in [0, 0.05) is 5.38 Å². The number of ether oxygens (including phenoxy) is 2. The van der Waals surface area contributed by atoms with E-state index in [1.807, 2.05) is 24.4 Å². The van der Waals surface area contributed by atoms with Gasteiger partial charge in [-0.05, 0) is 25.1 Å². The zero-order chi connectivity index (χ0) is 14.8. The number of hydrogen-bond acceptors (Lipinski definition) is 6. The number of cyclic esters (lactones) is 1. The van der Waals surface area contributed by atoms with Crippen molar-refractivity contribution in [2.24, 2.45) is 4.99 Å². The molecule has 0 saturated heterocycles. The number of esters is 1. The first-order valence-electron chi connectivity index (χ1n) is 6.25. The molecule has 106 valence electrons. The molecule has 0 atom stereocenters. The van der Waals surface area contributed by atoms with Crippen LogP contribution in [0, 0.1) is 6.92 Å². The van der Waals surface area contributed by atoms with Gasteiger partial charge in [0.15, 0.2) is 5.70 Å². The Morgan fingerprint density at radius 1 is 1.33 bits per heavy atom. The molecule has 0 unspecified atom stereocenters. The van der Waals surface area contributed by atoms with Gasteiger partial charge in [-0.3, -0.25) is 0 Å². The molecule has 0 N–H and O–H groups in total. The normalized spacial score (nSPS) is 16.0. The Bertz CT molecular complexity index is 762. The number of aliphatic imine (C=N–C) groups is 1. The van der Waals surface area contributed by atoms with Gasteiger partial charge in [0.25, 0.3) is 0 Å². The van der Waals surface area contributed by atoms with Crippen LogP contribution < -0.4 is 4.74 Å². The lowest BCUT2D eigenvalue weighted by Crippen LogP contribution is -2.06. The summed E-state index contributed by atoms with van der Waals surface area (Å²) in [6.07, 6.45) is 1.62. The first kappa shape index (κ1) is 13.5. The smallest absolute Gasteiger partial charge is 0.363 e. The zero-order valence-corrected chi connectivity index (χ0v) is 12.3. The van der Waals surface area contributed by atoms with Gasteiger partial charge in [-0.2, -0.15) is 0 Å². The van der Waals surface area contributed by atoms with Gasteiger partial charge in [0.2, 0.25) is 5.90 Å². The lowest BCUT2D eigenvalue weighted by molar-refractivity contribution is -0.129. The highest BCUT2D eigenvalue weighted by molar-refractivity contribution is 7.09. The Balaban J connectivity index is 1.97. The first-order chi connectivity index (χ1) is 10.2. The number of aryl methyl sites for hydroxylation is 1. The van der Waals surface area contributed by atoms with Crippen LogP contribution in [0.1, 0.15) is 16.3 Å². The second-order valence-corrected chi connectivity index (χ2v) is 5.39. The van der Waals surface area contributed by atoms with Crippen LogP contribution in [-0.4, -0.2) is 24.0 Å². The number of para-hydroxylation sites is 1. The number of benzene rings is 1.